The molecule has 0 bridgehead atoms. The fourth-order valence-corrected chi connectivity index (χ4v) is 2.36. The maximum Gasteiger partial charge on any atom is 0.330 e. The van der Waals surface area contributed by atoms with Crippen molar-refractivity contribution in [3.63, 3.8) is 0 Å². The van der Waals surface area contributed by atoms with E-state index in [1.165, 1.54) is 15.5 Å². The van der Waals surface area contributed by atoms with E-state index in [1.54, 1.807) is 13.8 Å². The van der Waals surface area contributed by atoms with Gasteiger partial charge in [0, 0.05) is 19.2 Å². The number of carbonyl (C=O) groups excluding carboxylic acids is 1. The van der Waals surface area contributed by atoms with Gasteiger partial charge in [-0.25, -0.2) is 4.79 Å². The van der Waals surface area contributed by atoms with Crippen LogP contribution >= 0.6 is 0 Å². The van der Waals surface area contributed by atoms with Gasteiger partial charge in [-0.15, -0.1) is 0 Å². The first-order valence-electron chi connectivity index (χ1n) is 8.28. The summed E-state index contributed by atoms with van der Waals surface area (Å²) in [6.07, 6.45) is 3.09. The number of amides is 1. The van der Waals surface area contributed by atoms with Gasteiger partial charge in [0.2, 0.25) is 0 Å². The van der Waals surface area contributed by atoms with Gasteiger partial charge in [0.05, 0.1) is 0 Å². The molecule has 0 radical (unpaired) electrons. The zero-order valence-electron chi connectivity index (χ0n) is 15.2. The SMILES string of the molecule is CCCCn1c(N)c(N(CC(C)C)C(=O)C=C(C)C)c(=O)[nH]c1=O. The fourth-order valence-electron chi connectivity index (χ4n) is 2.36. The molecule has 0 aromatic carbocycles. The van der Waals surface area contributed by atoms with Crippen molar-refractivity contribution in [1.82, 2.24) is 9.55 Å². The van der Waals surface area contributed by atoms with Gasteiger partial charge in [0.25, 0.3) is 11.5 Å². The third-order valence-electron chi connectivity index (χ3n) is 3.45. The van der Waals surface area contributed by atoms with Crippen LogP contribution in [0.5, 0.6) is 0 Å². The summed E-state index contributed by atoms with van der Waals surface area (Å²) in [7, 11) is 0. The van der Waals surface area contributed by atoms with E-state index >= 15 is 0 Å². The highest BCUT2D eigenvalue weighted by molar-refractivity contribution is 6.03. The van der Waals surface area contributed by atoms with Crippen molar-refractivity contribution in [2.75, 3.05) is 17.2 Å². The second-order valence-electron chi connectivity index (χ2n) is 6.56. The molecule has 1 heterocycles. The normalized spacial score (nSPS) is 10.8. The average Bonchev–Trinajstić information content (AvgIpc) is 2.44. The number of hydrogen-bond donors (Lipinski definition) is 2. The van der Waals surface area contributed by atoms with Crippen LogP contribution in [0.4, 0.5) is 11.5 Å². The Morgan fingerprint density at radius 2 is 1.96 bits per heavy atom. The lowest BCUT2D eigenvalue weighted by atomic mass is 10.2. The molecule has 0 atom stereocenters. The Balaban J connectivity index is 3.52. The van der Waals surface area contributed by atoms with Crippen molar-refractivity contribution in [2.24, 2.45) is 5.92 Å². The van der Waals surface area contributed by atoms with Gasteiger partial charge < -0.3 is 10.6 Å². The van der Waals surface area contributed by atoms with Gasteiger partial charge in [0.1, 0.15) is 5.82 Å². The van der Waals surface area contributed by atoms with Crippen molar-refractivity contribution >= 4 is 17.4 Å². The number of allylic oxidation sites excluding steroid dienone is 1. The van der Waals surface area contributed by atoms with E-state index in [2.05, 4.69) is 4.98 Å². The predicted molar refractivity (Wildman–Crippen MR) is 97.3 cm³/mol. The standard InChI is InChI=1S/C17H28N4O3/c1-6-7-8-20-15(18)14(16(23)19-17(20)24)21(10-12(4)5)13(22)9-11(2)3/h9,12H,6-8,10,18H2,1-5H3,(H,19,23,24). The van der Waals surface area contributed by atoms with Gasteiger partial charge >= 0.3 is 5.69 Å². The summed E-state index contributed by atoms with van der Waals surface area (Å²) in [6.45, 7) is 10.2. The van der Waals surface area contributed by atoms with Gasteiger partial charge in [0.15, 0.2) is 5.69 Å². The molecule has 1 aromatic rings. The number of carbonyl (C=O) groups is 1. The molecule has 7 nitrogen and oxygen atoms in total. The van der Waals surface area contributed by atoms with E-state index < -0.39 is 11.2 Å². The highest BCUT2D eigenvalue weighted by Gasteiger charge is 2.23. The number of unbranched alkanes of at least 4 members (excludes halogenated alkanes) is 1. The maximum absolute atomic E-state index is 12.6. The van der Waals surface area contributed by atoms with Crippen LogP contribution in [0.2, 0.25) is 0 Å². The summed E-state index contributed by atoms with van der Waals surface area (Å²) in [5.41, 5.74) is 5.78. The molecule has 0 fully saturated rings. The lowest BCUT2D eigenvalue weighted by Crippen LogP contribution is -2.42. The van der Waals surface area contributed by atoms with E-state index in [0.717, 1.165) is 18.4 Å². The minimum absolute atomic E-state index is 0.0355. The lowest BCUT2D eigenvalue weighted by molar-refractivity contribution is -0.114. The van der Waals surface area contributed by atoms with Crippen LogP contribution in [0.3, 0.4) is 0 Å². The molecule has 0 saturated heterocycles. The summed E-state index contributed by atoms with van der Waals surface area (Å²) in [5, 5.41) is 0. The number of aromatic amines is 1. The van der Waals surface area contributed by atoms with E-state index in [9.17, 15) is 14.4 Å². The first-order valence-corrected chi connectivity index (χ1v) is 8.28. The highest BCUT2D eigenvalue weighted by Crippen LogP contribution is 2.19. The van der Waals surface area contributed by atoms with Gasteiger partial charge in [-0.1, -0.05) is 32.8 Å². The molecule has 0 saturated carbocycles. The molecule has 1 amide bonds. The van der Waals surface area contributed by atoms with Crippen LogP contribution in [-0.2, 0) is 11.3 Å². The molecule has 0 aliphatic heterocycles. The van der Waals surface area contributed by atoms with Gasteiger partial charge in [-0.3, -0.25) is 19.1 Å². The number of nitrogen functional groups attached to an aromatic ring is 1. The van der Waals surface area contributed by atoms with Crippen LogP contribution in [0.1, 0.15) is 47.5 Å². The number of nitrogens with one attached hydrogen (secondary N) is 1. The molecule has 3 N–H and O–H groups in total. The zero-order valence-corrected chi connectivity index (χ0v) is 15.2. The van der Waals surface area contributed by atoms with E-state index in [1.807, 2.05) is 20.8 Å². The van der Waals surface area contributed by atoms with Crippen molar-refractivity contribution < 1.29 is 4.79 Å². The Morgan fingerprint density at radius 3 is 2.46 bits per heavy atom. The molecule has 1 rings (SSSR count). The second-order valence-corrected chi connectivity index (χ2v) is 6.56. The molecule has 0 spiro atoms. The largest absolute Gasteiger partial charge is 0.383 e. The summed E-state index contributed by atoms with van der Waals surface area (Å²) < 4.78 is 1.32. The van der Waals surface area contributed by atoms with Crippen molar-refractivity contribution in [2.45, 2.75) is 54.0 Å². The minimum atomic E-state index is -0.638. The van der Waals surface area contributed by atoms with Crippen molar-refractivity contribution in [1.29, 1.82) is 0 Å². The van der Waals surface area contributed by atoms with Crippen LogP contribution in [0.15, 0.2) is 21.2 Å². The van der Waals surface area contributed by atoms with Crippen LogP contribution in [0, 0.1) is 5.92 Å². The Morgan fingerprint density at radius 1 is 1.33 bits per heavy atom. The summed E-state index contributed by atoms with van der Waals surface area (Å²) in [5.74, 6) is -0.149. The number of nitrogens with zero attached hydrogens (tertiary/aromatic N) is 2. The zero-order chi connectivity index (χ0) is 18.4. The molecule has 0 unspecified atom stereocenters. The second kappa shape index (κ2) is 8.52. The first-order chi connectivity index (χ1) is 11.2. The van der Waals surface area contributed by atoms with Gasteiger partial charge in [-0.05, 0) is 26.2 Å². The lowest BCUT2D eigenvalue weighted by Gasteiger charge is -2.25. The smallest absolute Gasteiger partial charge is 0.330 e. The minimum Gasteiger partial charge on any atom is -0.383 e. The topological polar surface area (TPSA) is 101 Å². The molecule has 134 valence electrons. The third-order valence-corrected chi connectivity index (χ3v) is 3.45. The quantitative estimate of drug-likeness (QED) is 0.742. The molecule has 24 heavy (non-hydrogen) atoms. The van der Waals surface area contributed by atoms with Crippen LogP contribution in [-0.4, -0.2) is 22.0 Å². The first kappa shape index (κ1) is 19.7. The number of aromatic nitrogens is 2. The fraction of sp³-hybridized carbons (Fsp3) is 0.588. The molecular formula is C17H28N4O3. The average molecular weight is 336 g/mol. The van der Waals surface area contributed by atoms with Crippen molar-refractivity contribution in [3.05, 3.63) is 32.5 Å². The Bertz CT molecular complexity index is 724. The van der Waals surface area contributed by atoms with E-state index in [0.29, 0.717) is 13.1 Å². The summed E-state index contributed by atoms with van der Waals surface area (Å²) in [4.78, 5) is 40.5. The van der Waals surface area contributed by atoms with Crippen LogP contribution < -0.4 is 21.9 Å². The molecule has 7 heteroatoms. The van der Waals surface area contributed by atoms with Gasteiger partial charge in [-0.2, -0.15) is 0 Å². The summed E-state index contributed by atoms with van der Waals surface area (Å²) >= 11 is 0. The number of anilines is 2. The Kier molecular flexibility index (Phi) is 7.00. The maximum atomic E-state index is 12.6. The molecule has 1 aromatic heterocycles. The third kappa shape index (κ3) is 4.84. The summed E-state index contributed by atoms with van der Waals surface area (Å²) in [6, 6.07) is 0. The molecular weight excluding hydrogens is 308 g/mol. The van der Waals surface area contributed by atoms with E-state index in [4.69, 9.17) is 5.73 Å². The Hall–Kier alpha value is -2.31. The van der Waals surface area contributed by atoms with Crippen LogP contribution in [0.25, 0.3) is 0 Å². The predicted octanol–water partition coefficient (Wildman–Crippen LogP) is 1.87. The van der Waals surface area contributed by atoms with Crippen molar-refractivity contribution in [3.8, 4) is 0 Å². The number of rotatable bonds is 7. The monoisotopic (exact) mass is 336 g/mol. The Labute approximate surface area is 142 Å². The number of hydrogen-bond acceptors (Lipinski definition) is 4. The number of H-pyrrole nitrogens is 1. The number of nitrogens with two attached hydrogens (primary N) is 1. The molecule has 0 aliphatic carbocycles. The molecule has 0 aliphatic rings. The van der Waals surface area contributed by atoms with E-state index in [-0.39, 0.29) is 23.3 Å². The highest BCUT2D eigenvalue weighted by atomic mass is 16.2.